The number of carbonyl (C=O) groups excluding carboxylic acids is 2. The highest BCUT2D eigenvalue weighted by molar-refractivity contribution is 6.12. The second kappa shape index (κ2) is 9.57. The van der Waals surface area contributed by atoms with E-state index in [4.69, 9.17) is 9.47 Å². The molecule has 174 valence electrons. The largest absolute Gasteiger partial charge is 0.489 e. The van der Waals surface area contributed by atoms with Crippen molar-refractivity contribution in [3.63, 3.8) is 0 Å². The molecule has 1 saturated heterocycles. The first-order valence-electron chi connectivity index (χ1n) is 11.5. The Balaban J connectivity index is 1.43. The molecule has 7 heteroatoms. The minimum absolute atomic E-state index is 0.0762. The molecule has 0 aromatic heterocycles. The maximum Gasteiger partial charge on any atom is 0.262 e. The number of ether oxygens (including phenoxy) is 2. The molecule has 0 aliphatic carbocycles. The van der Waals surface area contributed by atoms with Crippen molar-refractivity contribution in [2.75, 3.05) is 43.1 Å². The van der Waals surface area contributed by atoms with Gasteiger partial charge in [-0.2, -0.15) is 0 Å². The minimum Gasteiger partial charge on any atom is -0.489 e. The molecule has 2 aliphatic rings. The van der Waals surface area contributed by atoms with Crippen LogP contribution in [0, 0.1) is 6.92 Å². The van der Waals surface area contributed by atoms with Crippen LogP contribution in [-0.2, 0) is 4.74 Å². The average molecular weight is 458 g/mol. The van der Waals surface area contributed by atoms with Gasteiger partial charge >= 0.3 is 0 Å². The lowest BCUT2D eigenvalue weighted by molar-refractivity contribution is 0.0300. The molecule has 7 nitrogen and oxygen atoms in total. The van der Waals surface area contributed by atoms with Crippen LogP contribution in [-0.4, -0.2) is 55.8 Å². The summed E-state index contributed by atoms with van der Waals surface area (Å²) in [7, 11) is 0. The van der Waals surface area contributed by atoms with Crippen molar-refractivity contribution < 1.29 is 19.1 Å². The van der Waals surface area contributed by atoms with Crippen molar-refractivity contribution in [2.24, 2.45) is 0 Å². The predicted octanol–water partition coefficient (Wildman–Crippen LogP) is 3.94. The molecule has 0 saturated carbocycles. The van der Waals surface area contributed by atoms with Crippen molar-refractivity contribution in [3.05, 3.63) is 89.5 Å². The molecule has 2 aliphatic heterocycles. The Kier molecular flexibility index (Phi) is 6.18. The first-order chi connectivity index (χ1) is 16.6. The Labute approximate surface area is 198 Å². The fourth-order valence-electron chi connectivity index (χ4n) is 4.41. The SMILES string of the molecule is Cc1ccccc1N1C(=O)c2ccccc2N[C@H]1COc1ccccc1C(=O)N1CCOCC1. The number of carbonyl (C=O) groups is 2. The molecule has 0 bridgehead atoms. The second-order valence-electron chi connectivity index (χ2n) is 8.38. The summed E-state index contributed by atoms with van der Waals surface area (Å²) in [6.07, 6.45) is -0.449. The third-order valence-corrected chi connectivity index (χ3v) is 6.20. The van der Waals surface area contributed by atoms with Crippen LogP contribution in [0.25, 0.3) is 0 Å². The molecule has 0 unspecified atom stereocenters. The number of para-hydroxylation sites is 3. The van der Waals surface area contributed by atoms with Crippen molar-refractivity contribution in [2.45, 2.75) is 13.1 Å². The lowest BCUT2D eigenvalue weighted by Gasteiger charge is -2.38. The topological polar surface area (TPSA) is 71.1 Å². The number of hydrogen-bond acceptors (Lipinski definition) is 5. The molecule has 1 atom stereocenters. The number of aryl methyl sites for hydroxylation is 1. The van der Waals surface area contributed by atoms with Crippen LogP contribution >= 0.6 is 0 Å². The number of amides is 2. The first kappa shape index (κ1) is 22.0. The van der Waals surface area contributed by atoms with E-state index in [1.165, 1.54) is 0 Å². The lowest BCUT2D eigenvalue weighted by atomic mass is 10.0. The van der Waals surface area contributed by atoms with E-state index in [0.29, 0.717) is 43.2 Å². The Hall–Kier alpha value is -3.84. The van der Waals surface area contributed by atoms with E-state index in [9.17, 15) is 9.59 Å². The van der Waals surface area contributed by atoms with Gasteiger partial charge in [-0.1, -0.05) is 42.5 Å². The standard InChI is InChI=1S/C27H27N3O4/c1-19-8-2-6-12-23(19)30-25(28-22-11-5-3-9-20(22)27(30)32)18-34-24-13-7-4-10-21(24)26(31)29-14-16-33-17-15-29/h2-13,25,28H,14-18H2,1H3/t25-/m1/s1. The van der Waals surface area contributed by atoms with Crippen LogP contribution in [0.4, 0.5) is 11.4 Å². The summed E-state index contributed by atoms with van der Waals surface area (Å²) < 4.78 is 11.6. The number of morpholine rings is 1. The highest BCUT2D eigenvalue weighted by Crippen LogP contribution is 2.32. The summed E-state index contributed by atoms with van der Waals surface area (Å²) >= 11 is 0. The Morgan fingerprint density at radius 1 is 1.00 bits per heavy atom. The fraction of sp³-hybridized carbons (Fsp3) is 0.259. The number of fused-ring (bicyclic) bond motifs is 1. The third kappa shape index (κ3) is 4.22. The van der Waals surface area contributed by atoms with Crippen molar-refractivity contribution in [3.8, 4) is 5.75 Å². The third-order valence-electron chi connectivity index (χ3n) is 6.20. The first-order valence-corrected chi connectivity index (χ1v) is 11.5. The maximum atomic E-state index is 13.5. The van der Waals surface area contributed by atoms with Gasteiger partial charge in [0.05, 0.1) is 24.3 Å². The van der Waals surface area contributed by atoms with E-state index in [1.54, 1.807) is 21.9 Å². The van der Waals surface area contributed by atoms with E-state index < -0.39 is 6.17 Å². The zero-order chi connectivity index (χ0) is 23.5. The molecule has 3 aromatic carbocycles. The number of nitrogens with zero attached hydrogens (tertiary/aromatic N) is 2. The van der Waals surface area contributed by atoms with E-state index in [0.717, 1.165) is 16.9 Å². The van der Waals surface area contributed by atoms with Gasteiger partial charge in [-0.3, -0.25) is 14.5 Å². The summed E-state index contributed by atoms with van der Waals surface area (Å²) in [6, 6.07) is 22.5. The molecule has 1 fully saturated rings. The van der Waals surface area contributed by atoms with Gasteiger partial charge in [0, 0.05) is 24.5 Å². The van der Waals surface area contributed by atoms with Crippen molar-refractivity contribution >= 4 is 23.2 Å². The molecule has 5 rings (SSSR count). The average Bonchev–Trinajstić information content (AvgIpc) is 2.88. The highest BCUT2D eigenvalue weighted by Gasteiger charge is 2.34. The summed E-state index contributed by atoms with van der Waals surface area (Å²) in [5, 5.41) is 3.45. The minimum atomic E-state index is -0.449. The summed E-state index contributed by atoms with van der Waals surface area (Å²) in [5.41, 5.74) is 3.70. The second-order valence-corrected chi connectivity index (χ2v) is 8.38. The Bertz CT molecular complexity index is 1210. The van der Waals surface area contributed by atoms with E-state index in [1.807, 2.05) is 67.6 Å². The summed E-state index contributed by atoms with van der Waals surface area (Å²) in [4.78, 5) is 30.2. The molecule has 3 aromatic rings. The maximum absolute atomic E-state index is 13.5. The van der Waals surface area contributed by atoms with E-state index >= 15 is 0 Å². The number of anilines is 2. The Morgan fingerprint density at radius 3 is 2.53 bits per heavy atom. The van der Waals surface area contributed by atoms with Gasteiger partial charge in [0.25, 0.3) is 11.8 Å². The molecule has 2 amide bonds. The molecule has 2 heterocycles. The smallest absolute Gasteiger partial charge is 0.262 e. The van der Waals surface area contributed by atoms with Crippen LogP contribution in [0.2, 0.25) is 0 Å². The number of nitrogens with one attached hydrogen (secondary N) is 1. The lowest BCUT2D eigenvalue weighted by Crippen LogP contribution is -2.52. The number of rotatable bonds is 5. The zero-order valence-electron chi connectivity index (χ0n) is 19.1. The van der Waals surface area contributed by atoms with Gasteiger partial charge < -0.3 is 19.7 Å². The highest BCUT2D eigenvalue weighted by atomic mass is 16.5. The van der Waals surface area contributed by atoms with Gasteiger partial charge in [0.2, 0.25) is 0 Å². The van der Waals surface area contributed by atoms with Gasteiger partial charge in [-0.25, -0.2) is 0 Å². The van der Waals surface area contributed by atoms with Crippen LogP contribution in [0.3, 0.4) is 0 Å². The molecular formula is C27H27N3O4. The molecule has 1 N–H and O–H groups in total. The fourth-order valence-corrected chi connectivity index (χ4v) is 4.41. The van der Waals surface area contributed by atoms with Gasteiger partial charge in [0.1, 0.15) is 18.5 Å². The molecule has 0 spiro atoms. The zero-order valence-corrected chi connectivity index (χ0v) is 19.1. The summed E-state index contributed by atoms with van der Waals surface area (Å²) in [5.74, 6) is 0.333. The van der Waals surface area contributed by atoms with Crippen LogP contribution in [0.5, 0.6) is 5.75 Å². The molecule has 0 radical (unpaired) electrons. The van der Waals surface area contributed by atoms with Gasteiger partial charge in [-0.15, -0.1) is 0 Å². The monoisotopic (exact) mass is 457 g/mol. The van der Waals surface area contributed by atoms with E-state index in [2.05, 4.69) is 5.32 Å². The normalized spacial score (nSPS) is 17.7. The number of benzene rings is 3. The quantitative estimate of drug-likeness (QED) is 0.628. The Morgan fingerprint density at radius 2 is 1.71 bits per heavy atom. The van der Waals surface area contributed by atoms with Crippen LogP contribution < -0.4 is 15.0 Å². The van der Waals surface area contributed by atoms with Crippen molar-refractivity contribution in [1.29, 1.82) is 0 Å². The molecular weight excluding hydrogens is 430 g/mol. The van der Waals surface area contributed by atoms with Gasteiger partial charge in [-0.05, 0) is 42.8 Å². The molecule has 34 heavy (non-hydrogen) atoms. The van der Waals surface area contributed by atoms with Gasteiger partial charge in [0.15, 0.2) is 0 Å². The van der Waals surface area contributed by atoms with Crippen molar-refractivity contribution in [1.82, 2.24) is 4.90 Å². The predicted molar refractivity (Wildman–Crippen MR) is 131 cm³/mol. The number of hydrogen-bond donors (Lipinski definition) is 1. The van der Waals surface area contributed by atoms with E-state index in [-0.39, 0.29) is 18.4 Å². The summed E-state index contributed by atoms with van der Waals surface area (Å²) in [6.45, 7) is 4.34. The van der Waals surface area contributed by atoms with Crippen LogP contribution in [0.15, 0.2) is 72.8 Å². The van der Waals surface area contributed by atoms with Crippen LogP contribution in [0.1, 0.15) is 26.3 Å².